The summed E-state index contributed by atoms with van der Waals surface area (Å²) >= 11 is 12.1. The monoisotopic (exact) mass is 215 g/mol. The van der Waals surface area contributed by atoms with Crippen LogP contribution in [0.25, 0.3) is 0 Å². The second kappa shape index (κ2) is 3.77. The summed E-state index contributed by atoms with van der Waals surface area (Å²) in [5.74, 6) is 0. The van der Waals surface area contributed by atoms with Gasteiger partial charge in [-0.3, -0.25) is 0 Å². The van der Waals surface area contributed by atoms with E-state index in [2.05, 4.69) is 5.32 Å². The SMILES string of the molecule is Clc1ccc2c(c1Cl)CCCCN2. The van der Waals surface area contributed by atoms with Crippen molar-refractivity contribution < 1.29 is 0 Å². The molecule has 0 fully saturated rings. The molecular formula is C10H11Cl2N. The molecule has 1 nitrogen and oxygen atoms in total. The van der Waals surface area contributed by atoms with Gasteiger partial charge in [-0.1, -0.05) is 23.2 Å². The molecule has 0 radical (unpaired) electrons. The van der Waals surface area contributed by atoms with Crippen LogP contribution in [0.15, 0.2) is 12.1 Å². The van der Waals surface area contributed by atoms with E-state index in [-0.39, 0.29) is 0 Å². The molecule has 0 aliphatic carbocycles. The maximum atomic E-state index is 6.11. The van der Waals surface area contributed by atoms with E-state index in [0.717, 1.165) is 18.7 Å². The van der Waals surface area contributed by atoms with Crippen molar-refractivity contribution in [1.29, 1.82) is 0 Å². The Hall–Kier alpha value is -0.400. The minimum absolute atomic E-state index is 0.657. The number of rotatable bonds is 0. The Kier molecular flexibility index (Phi) is 2.66. The highest BCUT2D eigenvalue weighted by atomic mass is 35.5. The van der Waals surface area contributed by atoms with Gasteiger partial charge in [-0.25, -0.2) is 0 Å². The van der Waals surface area contributed by atoms with E-state index in [1.165, 1.54) is 18.4 Å². The van der Waals surface area contributed by atoms with E-state index in [4.69, 9.17) is 23.2 Å². The molecule has 2 rings (SSSR count). The Morgan fingerprint density at radius 3 is 2.85 bits per heavy atom. The standard InChI is InChI=1S/C10H11Cl2N/c11-8-4-5-9-7(10(8)12)3-1-2-6-13-9/h4-5,13H,1-3,6H2. The van der Waals surface area contributed by atoms with E-state index < -0.39 is 0 Å². The van der Waals surface area contributed by atoms with Crippen molar-refractivity contribution >= 4 is 28.9 Å². The second-order valence-electron chi connectivity index (χ2n) is 3.27. The van der Waals surface area contributed by atoms with Gasteiger partial charge in [0.05, 0.1) is 10.0 Å². The Bertz CT molecular complexity index is 323. The molecule has 0 atom stereocenters. The number of hydrogen-bond donors (Lipinski definition) is 1. The van der Waals surface area contributed by atoms with Gasteiger partial charge in [-0.15, -0.1) is 0 Å². The first-order valence-electron chi connectivity index (χ1n) is 4.50. The van der Waals surface area contributed by atoms with Crippen LogP contribution in [-0.2, 0) is 6.42 Å². The molecule has 1 aromatic rings. The number of anilines is 1. The first-order chi connectivity index (χ1) is 6.29. The molecule has 1 N–H and O–H groups in total. The highest BCUT2D eigenvalue weighted by molar-refractivity contribution is 6.42. The highest BCUT2D eigenvalue weighted by Gasteiger charge is 2.12. The molecule has 0 bridgehead atoms. The van der Waals surface area contributed by atoms with Gasteiger partial charge in [0, 0.05) is 12.2 Å². The number of halogens is 2. The summed E-state index contributed by atoms with van der Waals surface area (Å²) in [5, 5.41) is 4.72. The quantitative estimate of drug-likeness (QED) is 0.696. The lowest BCUT2D eigenvalue weighted by molar-refractivity contribution is 0.786. The van der Waals surface area contributed by atoms with Crippen LogP contribution < -0.4 is 5.32 Å². The molecule has 1 heterocycles. The number of nitrogens with one attached hydrogen (secondary N) is 1. The van der Waals surface area contributed by atoms with Crippen molar-refractivity contribution in [3.63, 3.8) is 0 Å². The summed E-state index contributed by atoms with van der Waals surface area (Å²) in [5.41, 5.74) is 2.32. The Balaban J connectivity index is 2.48. The topological polar surface area (TPSA) is 12.0 Å². The van der Waals surface area contributed by atoms with Crippen LogP contribution in [0.4, 0.5) is 5.69 Å². The molecule has 0 spiro atoms. The smallest absolute Gasteiger partial charge is 0.0644 e. The van der Waals surface area contributed by atoms with Crippen molar-refractivity contribution in [3.05, 3.63) is 27.7 Å². The molecular weight excluding hydrogens is 205 g/mol. The zero-order valence-electron chi connectivity index (χ0n) is 7.24. The minimum atomic E-state index is 0.657. The molecule has 0 unspecified atom stereocenters. The van der Waals surface area contributed by atoms with E-state index in [0.29, 0.717) is 10.0 Å². The van der Waals surface area contributed by atoms with Crippen LogP contribution in [0.3, 0.4) is 0 Å². The third-order valence-corrected chi connectivity index (χ3v) is 3.21. The lowest BCUT2D eigenvalue weighted by Crippen LogP contribution is -1.99. The second-order valence-corrected chi connectivity index (χ2v) is 4.06. The Morgan fingerprint density at radius 1 is 1.15 bits per heavy atom. The molecule has 0 aromatic heterocycles. The molecule has 0 saturated carbocycles. The predicted molar refractivity (Wildman–Crippen MR) is 57.9 cm³/mol. The van der Waals surface area contributed by atoms with Gasteiger partial charge >= 0.3 is 0 Å². The third kappa shape index (κ3) is 1.77. The van der Waals surface area contributed by atoms with Crippen molar-refractivity contribution in [2.24, 2.45) is 0 Å². The fraction of sp³-hybridized carbons (Fsp3) is 0.400. The van der Waals surface area contributed by atoms with Gasteiger partial charge < -0.3 is 5.32 Å². The Labute approximate surface area is 88.0 Å². The summed E-state index contributed by atoms with van der Waals surface area (Å²) in [4.78, 5) is 0. The van der Waals surface area contributed by atoms with Crippen LogP contribution in [0.5, 0.6) is 0 Å². The van der Waals surface area contributed by atoms with E-state index in [1.807, 2.05) is 12.1 Å². The predicted octanol–water partition coefficient (Wildman–Crippen LogP) is 3.74. The van der Waals surface area contributed by atoms with Gasteiger partial charge in [0.1, 0.15) is 0 Å². The molecule has 1 aliphatic rings. The first kappa shape index (κ1) is 9.17. The lowest BCUT2D eigenvalue weighted by Gasteiger charge is -2.09. The van der Waals surface area contributed by atoms with E-state index in [1.54, 1.807) is 0 Å². The number of hydrogen-bond acceptors (Lipinski definition) is 1. The molecule has 70 valence electrons. The largest absolute Gasteiger partial charge is 0.385 e. The summed E-state index contributed by atoms with van der Waals surface area (Å²) in [7, 11) is 0. The molecule has 1 aliphatic heterocycles. The fourth-order valence-corrected chi connectivity index (χ4v) is 2.09. The summed E-state index contributed by atoms with van der Waals surface area (Å²) in [6, 6.07) is 3.86. The van der Waals surface area contributed by atoms with Gasteiger partial charge in [0.2, 0.25) is 0 Å². The zero-order valence-corrected chi connectivity index (χ0v) is 8.75. The van der Waals surface area contributed by atoms with Crippen LogP contribution in [0.1, 0.15) is 18.4 Å². The molecule has 3 heteroatoms. The average molecular weight is 216 g/mol. The van der Waals surface area contributed by atoms with Crippen molar-refractivity contribution in [2.75, 3.05) is 11.9 Å². The minimum Gasteiger partial charge on any atom is -0.385 e. The zero-order chi connectivity index (χ0) is 9.26. The first-order valence-corrected chi connectivity index (χ1v) is 5.25. The average Bonchev–Trinajstić information content (AvgIpc) is 2.36. The third-order valence-electron chi connectivity index (χ3n) is 2.37. The maximum absolute atomic E-state index is 6.11. The van der Waals surface area contributed by atoms with Crippen LogP contribution in [0.2, 0.25) is 10.0 Å². The number of fused-ring (bicyclic) bond motifs is 1. The molecule has 0 amide bonds. The van der Waals surface area contributed by atoms with Crippen LogP contribution in [-0.4, -0.2) is 6.54 Å². The van der Waals surface area contributed by atoms with E-state index in [9.17, 15) is 0 Å². The van der Waals surface area contributed by atoms with Crippen molar-refractivity contribution in [1.82, 2.24) is 0 Å². The van der Waals surface area contributed by atoms with Crippen LogP contribution >= 0.6 is 23.2 Å². The molecule has 13 heavy (non-hydrogen) atoms. The van der Waals surface area contributed by atoms with Crippen LogP contribution in [0, 0.1) is 0 Å². The fourth-order valence-electron chi connectivity index (χ4n) is 1.65. The summed E-state index contributed by atoms with van der Waals surface area (Å²) in [6.07, 6.45) is 3.41. The summed E-state index contributed by atoms with van der Waals surface area (Å²) in [6.45, 7) is 1.03. The van der Waals surface area contributed by atoms with Gasteiger partial charge in [0.25, 0.3) is 0 Å². The normalized spacial score (nSPS) is 15.8. The van der Waals surface area contributed by atoms with Gasteiger partial charge in [-0.2, -0.15) is 0 Å². The highest BCUT2D eigenvalue weighted by Crippen LogP contribution is 2.33. The van der Waals surface area contributed by atoms with E-state index >= 15 is 0 Å². The van der Waals surface area contributed by atoms with Crippen molar-refractivity contribution in [2.45, 2.75) is 19.3 Å². The van der Waals surface area contributed by atoms with Gasteiger partial charge in [0.15, 0.2) is 0 Å². The maximum Gasteiger partial charge on any atom is 0.0644 e. The Morgan fingerprint density at radius 2 is 2.00 bits per heavy atom. The number of benzene rings is 1. The molecule has 1 aromatic carbocycles. The summed E-state index contributed by atoms with van der Waals surface area (Å²) < 4.78 is 0. The lowest BCUT2D eigenvalue weighted by atomic mass is 10.1. The van der Waals surface area contributed by atoms with Gasteiger partial charge in [-0.05, 0) is 37.0 Å². The molecule has 0 saturated heterocycles. The van der Waals surface area contributed by atoms with Crippen molar-refractivity contribution in [3.8, 4) is 0 Å².